The Morgan fingerprint density at radius 3 is 2.90 bits per heavy atom. The predicted octanol–water partition coefficient (Wildman–Crippen LogP) is 4.63. The molecule has 0 radical (unpaired) electrons. The summed E-state index contributed by atoms with van der Waals surface area (Å²) in [5, 5.41) is 0.915. The number of hydrogen-bond acceptors (Lipinski definition) is 0. The van der Waals surface area contributed by atoms with Crippen LogP contribution in [0.15, 0.2) is 48.2 Å². The Balaban J connectivity index is 1.68. The third kappa shape index (κ3) is 2.05. The molecule has 1 aromatic heterocycles. The largest absolute Gasteiger partial charge is 0.359 e. The van der Waals surface area contributed by atoms with Gasteiger partial charge in [0.2, 0.25) is 0 Å². The summed E-state index contributed by atoms with van der Waals surface area (Å²) in [6, 6.07) is 10.0. The number of allylic oxidation sites excluding steroid dienone is 1. The van der Waals surface area contributed by atoms with E-state index in [1.807, 2.05) is 24.4 Å². The number of halogens is 2. The monoisotopic (exact) mass is 281 g/mol. The van der Waals surface area contributed by atoms with Crippen molar-refractivity contribution in [2.45, 2.75) is 12.8 Å². The van der Waals surface area contributed by atoms with Crippen LogP contribution in [-0.4, -0.2) is 4.98 Å². The molecule has 0 fully saturated rings. The van der Waals surface area contributed by atoms with Gasteiger partial charge in [0.15, 0.2) is 0 Å². The molecule has 0 atom stereocenters. The molecular formula is C18H13F2N. The summed E-state index contributed by atoms with van der Waals surface area (Å²) in [6.45, 7) is 0. The molecule has 1 N–H and O–H groups in total. The minimum Gasteiger partial charge on any atom is -0.359 e. The smallest absolute Gasteiger partial charge is 0.147 e. The summed E-state index contributed by atoms with van der Waals surface area (Å²) in [5.74, 6) is -0.440. The van der Waals surface area contributed by atoms with E-state index in [0.717, 1.165) is 34.9 Å². The van der Waals surface area contributed by atoms with Crippen molar-refractivity contribution in [3.8, 4) is 0 Å². The average Bonchev–Trinajstić information content (AvgIpc) is 3.04. The lowest BCUT2D eigenvalue weighted by atomic mass is 10.0. The SMILES string of the molecule is Fc1ccc2c(c1)C=C(Cc1c[nH]c3c(F)cccc13)C2. The fourth-order valence-corrected chi connectivity index (χ4v) is 3.06. The molecule has 0 unspecified atom stereocenters. The first-order valence-electron chi connectivity index (χ1n) is 6.93. The Morgan fingerprint density at radius 1 is 1.10 bits per heavy atom. The molecule has 1 nitrogen and oxygen atoms in total. The maximum Gasteiger partial charge on any atom is 0.147 e. The van der Waals surface area contributed by atoms with E-state index in [1.54, 1.807) is 12.1 Å². The van der Waals surface area contributed by atoms with Crippen molar-refractivity contribution >= 4 is 17.0 Å². The molecule has 1 aliphatic rings. The van der Waals surface area contributed by atoms with Gasteiger partial charge >= 0.3 is 0 Å². The third-order valence-electron chi connectivity index (χ3n) is 4.05. The highest BCUT2D eigenvalue weighted by Crippen LogP contribution is 2.30. The molecule has 0 saturated heterocycles. The molecule has 104 valence electrons. The maximum atomic E-state index is 13.7. The normalized spacial score (nSPS) is 13.5. The van der Waals surface area contributed by atoms with Crippen molar-refractivity contribution in [3.63, 3.8) is 0 Å². The minimum atomic E-state index is -0.232. The second-order valence-electron chi connectivity index (χ2n) is 5.48. The van der Waals surface area contributed by atoms with E-state index < -0.39 is 0 Å². The van der Waals surface area contributed by atoms with Crippen LogP contribution < -0.4 is 0 Å². The predicted molar refractivity (Wildman–Crippen MR) is 80.0 cm³/mol. The Morgan fingerprint density at radius 2 is 2.00 bits per heavy atom. The average molecular weight is 281 g/mol. The number of nitrogens with one attached hydrogen (secondary N) is 1. The van der Waals surface area contributed by atoms with Gasteiger partial charge in [-0.05, 0) is 47.7 Å². The fraction of sp³-hybridized carbons (Fsp3) is 0.111. The summed E-state index contributed by atoms with van der Waals surface area (Å²) in [4.78, 5) is 3.00. The highest BCUT2D eigenvalue weighted by Gasteiger charge is 2.15. The molecule has 21 heavy (non-hydrogen) atoms. The first-order chi connectivity index (χ1) is 10.2. The van der Waals surface area contributed by atoms with Crippen LogP contribution >= 0.6 is 0 Å². The van der Waals surface area contributed by atoms with Crippen molar-refractivity contribution < 1.29 is 8.78 Å². The van der Waals surface area contributed by atoms with Crippen LogP contribution in [0.4, 0.5) is 8.78 Å². The molecule has 0 bridgehead atoms. The molecule has 0 spiro atoms. The molecule has 2 aromatic carbocycles. The lowest BCUT2D eigenvalue weighted by Crippen LogP contribution is -1.90. The van der Waals surface area contributed by atoms with Gasteiger partial charge in [0.1, 0.15) is 11.6 Å². The number of benzene rings is 2. The van der Waals surface area contributed by atoms with Crippen LogP contribution in [0, 0.1) is 11.6 Å². The Labute approximate surface area is 120 Å². The Kier molecular flexibility index (Phi) is 2.67. The summed E-state index contributed by atoms with van der Waals surface area (Å²) >= 11 is 0. The molecule has 3 heteroatoms. The van der Waals surface area contributed by atoms with Crippen molar-refractivity contribution in [1.29, 1.82) is 0 Å². The highest BCUT2D eigenvalue weighted by atomic mass is 19.1. The molecule has 3 aromatic rings. The second kappa shape index (κ2) is 4.55. The number of hydrogen-bond donors (Lipinski definition) is 1. The van der Waals surface area contributed by atoms with E-state index in [-0.39, 0.29) is 11.6 Å². The summed E-state index contributed by atoms with van der Waals surface area (Å²) < 4.78 is 26.9. The van der Waals surface area contributed by atoms with Crippen LogP contribution in [0.1, 0.15) is 16.7 Å². The zero-order chi connectivity index (χ0) is 14.4. The van der Waals surface area contributed by atoms with Crippen molar-refractivity contribution in [2.24, 2.45) is 0 Å². The molecular weight excluding hydrogens is 268 g/mol. The number of rotatable bonds is 2. The highest BCUT2D eigenvalue weighted by molar-refractivity contribution is 5.84. The molecule has 1 heterocycles. The zero-order valence-corrected chi connectivity index (χ0v) is 11.3. The molecule has 0 amide bonds. The van der Waals surface area contributed by atoms with E-state index in [9.17, 15) is 8.78 Å². The summed E-state index contributed by atoms with van der Waals surface area (Å²) in [7, 11) is 0. The van der Waals surface area contributed by atoms with E-state index in [0.29, 0.717) is 5.52 Å². The lowest BCUT2D eigenvalue weighted by Gasteiger charge is -2.01. The van der Waals surface area contributed by atoms with Gasteiger partial charge in [0.25, 0.3) is 0 Å². The molecule has 0 saturated carbocycles. The lowest BCUT2D eigenvalue weighted by molar-refractivity contribution is 0.627. The Hall–Kier alpha value is -2.42. The number of H-pyrrole nitrogens is 1. The standard InChI is InChI=1S/C18H13F2N/c19-15-5-4-12-6-11(7-13(12)9-15)8-14-10-21-18-16(14)2-1-3-17(18)20/h1-5,7,9-10,21H,6,8H2. The van der Waals surface area contributed by atoms with E-state index in [2.05, 4.69) is 4.98 Å². The van der Waals surface area contributed by atoms with E-state index in [1.165, 1.54) is 17.7 Å². The fourth-order valence-electron chi connectivity index (χ4n) is 3.06. The van der Waals surface area contributed by atoms with Gasteiger partial charge < -0.3 is 4.98 Å². The van der Waals surface area contributed by atoms with Crippen LogP contribution in [0.5, 0.6) is 0 Å². The number of aromatic amines is 1. The molecule has 0 aliphatic heterocycles. The number of fused-ring (bicyclic) bond motifs is 2. The van der Waals surface area contributed by atoms with Gasteiger partial charge in [0.05, 0.1) is 5.52 Å². The quantitative estimate of drug-likeness (QED) is 0.705. The van der Waals surface area contributed by atoms with Crippen LogP contribution in [-0.2, 0) is 12.8 Å². The van der Waals surface area contributed by atoms with Gasteiger partial charge in [-0.1, -0.05) is 29.8 Å². The van der Waals surface area contributed by atoms with Crippen LogP contribution in [0.2, 0.25) is 0 Å². The third-order valence-corrected chi connectivity index (χ3v) is 4.05. The second-order valence-corrected chi connectivity index (χ2v) is 5.48. The topological polar surface area (TPSA) is 15.8 Å². The summed E-state index contributed by atoms with van der Waals surface area (Å²) in [6.07, 6.45) is 5.48. The van der Waals surface area contributed by atoms with Gasteiger partial charge in [0, 0.05) is 11.6 Å². The van der Waals surface area contributed by atoms with E-state index >= 15 is 0 Å². The van der Waals surface area contributed by atoms with Crippen molar-refractivity contribution in [1.82, 2.24) is 4.98 Å². The Bertz CT molecular complexity index is 874. The number of para-hydroxylation sites is 1. The maximum absolute atomic E-state index is 13.7. The van der Waals surface area contributed by atoms with Crippen molar-refractivity contribution in [3.05, 3.63) is 76.5 Å². The van der Waals surface area contributed by atoms with Gasteiger partial charge in [-0.15, -0.1) is 0 Å². The van der Waals surface area contributed by atoms with Gasteiger partial charge in [-0.2, -0.15) is 0 Å². The van der Waals surface area contributed by atoms with Gasteiger partial charge in [-0.3, -0.25) is 0 Å². The molecule has 1 aliphatic carbocycles. The van der Waals surface area contributed by atoms with E-state index in [4.69, 9.17) is 0 Å². The molecule has 4 rings (SSSR count). The van der Waals surface area contributed by atoms with Crippen LogP contribution in [0.25, 0.3) is 17.0 Å². The van der Waals surface area contributed by atoms with Crippen molar-refractivity contribution in [2.75, 3.05) is 0 Å². The summed E-state index contributed by atoms with van der Waals surface area (Å²) in [5.41, 5.74) is 4.95. The first kappa shape index (κ1) is 12.3. The minimum absolute atomic E-state index is 0.208. The zero-order valence-electron chi connectivity index (χ0n) is 11.3. The van der Waals surface area contributed by atoms with Gasteiger partial charge in [-0.25, -0.2) is 8.78 Å². The first-order valence-corrected chi connectivity index (χ1v) is 6.93. The van der Waals surface area contributed by atoms with Crippen LogP contribution in [0.3, 0.4) is 0 Å². The number of aromatic nitrogens is 1.